The maximum atomic E-state index is 12.6. The van der Waals surface area contributed by atoms with Crippen LogP contribution in [0.5, 0.6) is 0 Å². The van der Waals surface area contributed by atoms with Gasteiger partial charge in [-0.1, -0.05) is 61.0 Å². The minimum absolute atomic E-state index is 0.0389. The van der Waals surface area contributed by atoms with Crippen molar-refractivity contribution in [2.24, 2.45) is 5.92 Å². The molecule has 0 saturated heterocycles. The van der Waals surface area contributed by atoms with Gasteiger partial charge in [-0.05, 0) is 37.0 Å². The number of fused-ring (bicyclic) bond motifs is 1. The molecule has 0 heterocycles. The Bertz CT molecular complexity index is 874. The number of carbonyl (C=O) groups is 1. The highest BCUT2D eigenvalue weighted by atomic mass is 19.4. The molecular formula is C22H26F3NO3. The van der Waals surface area contributed by atoms with E-state index in [9.17, 15) is 28.2 Å². The number of halogens is 3. The molecule has 4 nitrogen and oxygen atoms in total. The van der Waals surface area contributed by atoms with Crippen LogP contribution in [0.15, 0.2) is 54.6 Å². The molecule has 0 aliphatic heterocycles. The van der Waals surface area contributed by atoms with Crippen LogP contribution in [0.3, 0.4) is 0 Å². The summed E-state index contributed by atoms with van der Waals surface area (Å²) in [5, 5.41) is 22.6. The number of carboxylic acid groups (broad SMARTS) is 1. The van der Waals surface area contributed by atoms with E-state index in [-0.39, 0.29) is 12.0 Å². The molecule has 29 heavy (non-hydrogen) atoms. The number of aliphatic carboxylic acids is 1. The number of rotatable bonds is 3. The Morgan fingerprint density at radius 3 is 2.38 bits per heavy atom. The minimum Gasteiger partial charge on any atom is -0.547 e. The van der Waals surface area contributed by atoms with Crippen LogP contribution in [0.1, 0.15) is 44.2 Å². The van der Waals surface area contributed by atoms with Crippen LogP contribution in [0.2, 0.25) is 0 Å². The first-order valence-corrected chi connectivity index (χ1v) is 9.49. The summed E-state index contributed by atoms with van der Waals surface area (Å²) in [6, 6.07) is 15.2. The van der Waals surface area contributed by atoms with Crippen LogP contribution in [-0.2, 0) is 4.79 Å². The highest BCUT2D eigenvalue weighted by Crippen LogP contribution is 2.44. The van der Waals surface area contributed by atoms with Crippen LogP contribution < -0.4 is 10.8 Å². The average Bonchev–Trinajstić information content (AvgIpc) is 2.66. The van der Waals surface area contributed by atoms with Crippen molar-refractivity contribution in [3.05, 3.63) is 60.2 Å². The molecule has 1 fully saturated rings. The number of benzene rings is 2. The van der Waals surface area contributed by atoms with E-state index in [2.05, 4.69) is 61.7 Å². The Balaban J connectivity index is 0.000000211. The van der Waals surface area contributed by atoms with Crippen molar-refractivity contribution in [1.29, 1.82) is 0 Å². The van der Waals surface area contributed by atoms with Crippen molar-refractivity contribution in [2.75, 3.05) is 0 Å². The Hall–Kier alpha value is -2.38. The van der Waals surface area contributed by atoms with Gasteiger partial charge in [0.2, 0.25) is 5.60 Å². The Labute approximate surface area is 167 Å². The molecule has 0 aromatic heterocycles. The topological polar surface area (TPSA) is 88.0 Å². The van der Waals surface area contributed by atoms with Crippen LogP contribution in [0, 0.1) is 5.92 Å². The highest BCUT2D eigenvalue weighted by Gasteiger charge is 2.60. The smallest absolute Gasteiger partial charge is 0.423 e. The fourth-order valence-electron chi connectivity index (χ4n) is 3.72. The van der Waals surface area contributed by atoms with E-state index in [1.54, 1.807) is 0 Å². The summed E-state index contributed by atoms with van der Waals surface area (Å²) in [6.45, 7) is 5.53. The molecule has 1 saturated carbocycles. The lowest BCUT2D eigenvalue weighted by Gasteiger charge is -2.41. The highest BCUT2D eigenvalue weighted by molar-refractivity contribution is 5.85. The predicted molar refractivity (Wildman–Crippen MR) is 102 cm³/mol. The number of quaternary nitrogens is 1. The van der Waals surface area contributed by atoms with Crippen molar-refractivity contribution in [3.63, 3.8) is 0 Å². The van der Waals surface area contributed by atoms with Crippen molar-refractivity contribution in [1.82, 2.24) is 0 Å². The molecule has 7 heteroatoms. The van der Waals surface area contributed by atoms with Crippen LogP contribution in [-0.4, -0.2) is 22.9 Å². The third-order valence-corrected chi connectivity index (χ3v) is 5.34. The zero-order valence-electron chi connectivity index (χ0n) is 16.3. The molecule has 0 radical (unpaired) electrons. The summed E-state index contributed by atoms with van der Waals surface area (Å²) in [4.78, 5) is 10.6. The number of carbonyl (C=O) groups excluding carboxylic acids is 1. The molecule has 3 atom stereocenters. The third-order valence-electron chi connectivity index (χ3n) is 5.34. The Kier molecular flexibility index (Phi) is 7.08. The summed E-state index contributed by atoms with van der Waals surface area (Å²) in [7, 11) is 0. The van der Waals surface area contributed by atoms with Gasteiger partial charge in [0.25, 0.3) is 0 Å². The number of hydrogen-bond donors (Lipinski definition) is 2. The van der Waals surface area contributed by atoms with Gasteiger partial charge < -0.3 is 20.7 Å². The summed E-state index contributed by atoms with van der Waals surface area (Å²) in [5.41, 5.74) is 1.70. The number of hydrogen-bond acceptors (Lipinski definition) is 3. The molecular weight excluding hydrogens is 383 g/mol. The summed E-state index contributed by atoms with van der Waals surface area (Å²) < 4.78 is 37.8. The van der Waals surface area contributed by atoms with Crippen LogP contribution >= 0.6 is 0 Å². The lowest BCUT2D eigenvalue weighted by molar-refractivity contribution is -0.420. The standard InChI is InChI=1S/C12H13N.C10H13F3O3/c1-9(13)11-8-4-6-10-5-2-3-7-12(10)11;1-6-4-2-3-5-7(6)9(16,8(14)15)10(11,12)13/h2-9H,13H2,1H3;7,16H,1-5H2,(H,14,15)/t9-;7-,9-/m01/s1. The van der Waals surface area contributed by atoms with Gasteiger partial charge in [0.1, 0.15) is 6.04 Å². The van der Waals surface area contributed by atoms with E-state index in [1.165, 1.54) is 16.3 Å². The fraction of sp³-hybridized carbons (Fsp3) is 0.409. The van der Waals surface area contributed by atoms with Crippen LogP contribution in [0.4, 0.5) is 13.2 Å². The first-order chi connectivity index (χ1) is 13.5. The van der Waals surface area contributed by atoms with E-state index >= 15 is 0 Å². The zero-order chi connectivity index (χ0) is 21.8. The average molecular weight is 409 g/mol. The second-order valence-corrected chi connectivity index (χ2v) is 7.48. The molecule has 3 rings (SSSR count). The molecule has 1 aliphatic carbocycles. The van der Waals surface area contributed by atoms with E-state index < -0.39 is 23.7 Å². The van der Waals surface area contributed by atoms with E-state index in [0.29, 0.717) is 25.3 Å². The third kappa shape index (κ3) is 4.79. The lowest BCUT2D eigenvalue weighted by atomic mass is 9.73. The quantitative estimate of drug-likeness (QED) is 0.764. The molecule has 0 bridgehead atoms. The van der Waals surface area contributed by atoms with Gasteiger partial charge in [0.05, 0.1) is 5.97 Å². The summed E-state index contributed by atoms with van der Waals surface area (Å²) >= 11 is 0. The maximum Gasteiger partial charge on any atom is 0.423 e. The second kappa shape index (κ2) is 8.97. The van der Waals surface area contributed by atoms with Gasteiger partial charge in [-0.3, -0.25) is 0 Å². The minimum atomic E-state index is -5.25. The number of alkyl halides is 3. The molecule has 0 unspecified atom stereocenters. The van der Waals surface area contributed by atoms with Gasteiger partial charge in [-0.2, -0.15) is 13.2 Å². The van der Waals surface area contributed by atoms with Gasteiger partial charge in [-0.25, -0.2) is 0 Å². The largest absolute Gasteiger partial charge is 0.547 e. The predicted octanol–water partition coefficient (Wildman–Crippen LogP) is 2.92. The Morgan fingerprint density at radius 1 is 1.21 bits per heavy atom. The first kappa shape index (κ1) is 22.9. The second-order valence-electron chi connectivity index (χ2n) is 7.48. The van der Waals surface area contributed by atoms with E-state index in [0.717, 1.165) is 0 Å². The number of aliphatic hydroxyl groups is 1. The monoisotopic (exact) mass is 409 g/mol. The van der Waals surface area contributed by atoms with Gasteiger partial charge in [0.15, 0.2) is 0 Å². The van der Waals surface area contributed by atoms with Crippen molar-refractivity contribution >= 4 is 16.7 Å². The summed E-state index contributed by atoms with van der Waals surface area (Å²) in [6.07, 6.45) is -3.89. The summed E-state index contributed by atoms with van der Waals surface area (Å²) in [5.74, 6) is -4.01. The first-order valence-electron chi connectivity index (χ1n) is 9.49. The molecule has 158 valence electrons. The number of carboxylic acids is 1. The Morgan fingerprint density at radius 2 is 1.83 bits per heavy atom. The lowest BCUT2D eigenvalue weighted by Crippen LogP contribution is -2.63. The van der Waals surface area contributed by atoms with Crippen molar-refractivity contribution in [3.8, 4) is 0 Å². The maximum absolute atomic E-state index is 12.6. The molecule has 4 N–H and O–H groups in total. The normalized spacial score (nSPS) is 20.3. The molecule has 2 aromatic carbocycles. The fourth-order valence-corrected chi connectivity index (χ4v) is 3.72. The molecule has 0 amide bonds. The van der Waals surface area contributed by atoms with Crippen molar-refractivity contribution in [2.45, 2.75) is 50.4 Å². The van der Waals surface area contributed by atoms with E-state index in [1.807, 2.05) is 0 Å². The van der Waals surface area contributed by atoms with Crippen molar-refractivity contribution < 1.29 is 33.9 Å². The van der Waals surface area contributed by atoms with Crippen LogP contribution in [0.25, 0.3) is 10.8 Å². The molecule has 0 spiro atoms. The van der Waals surface area contributed by atoms with Gasteiger partial charge >= 0.3 is 6.18 Å². The van der Waals surface area contributed by atoms with Gasteiger partial charge in [0, 0.05) is 11.5 Å². The SMILES string of the molecule is C=C1CCCC[C@H]1[C@@](O)(C(=O)[O-])C(F)(F)F.C[C@H]([NH3+])c1cccc2ccccc12. The molecule has 1 aliphatic rings. The molecule has 2 aromatic rings. The zero-order valence-corrected chi connectivity index (χ0v) is 16.3. The van der Waals surface area contributed by atoms with Gasteiger partial charge in [-0.15, -0.1) is 0 Å². The van der Waals surface area contributed by atoms with E-state index in [4.69, 9.17) is 0 Å².